The van der Waals surface area contributed by atoms with E-state index in [0.29, 0.717) is 18.0 Å². The van der Waals surface area contributed by atoms with Crippen LogP contribution in [0.5, 0.6) is 5.75 Å². The summed E-state index contributed by atoms with van der Waals surface area (Å²) in [6.07, 6.45) is -0.676. The first kappa shape index (κ1) is 14.2. The Morgan fingerprint density at radius 1 is 1.63 bits per heavy atom. The molecule has 1 aromatic heterocycles. The van der Waals surface area contributed by atoms with Gasteiger partial charge in [0.1, 0.15) is 10.6 Å². The molecular formula is C11H14F2N2O3S. The van der Waals surface area contributed by atoms with Crippen LogP contribution < -0.4 is 15.4 Å². The lowest BCUT2D eigenvalue weighted by atomic mass is 10.2. The quantitative estimate of drug-likeness (QED) is 0.765. The Labute approximate surface area is 112 Å². The van der Waals surface area contributed by atoms with Crippen molar-refractivity contribution >= 4 is 17.2 Å². The third kappa shape index (κ3) is 3.40. The van der Waals surface area contributed by atoms with Crippen LogP contribution in [0, 0.1) is 6.92 Å². The number of rotatable bonds is 4. The minimum absolute atomic E-state index is 0.0944. The highest BCUT2D eigenvalue weighted by molar-refractivity contribution is 7.14. The fourth-order valence-corrected chi connectivity index (χ4v) is 2.73. The summed E-state index contributed by atoms with van der Waals surface area (Å²) in [5, 5.41) is 15.1. The highest BCUT2D eigenvalue weighted by atomic mass is 32.1. The summed E-state index contributed by atoms with van der Waals surface area (Å²) in [6, 6.07) is 0.976. The summed E-state index contributed by atoms with van der Waals surface area (Å²) in [6.45, 7) is -0.428. The molecule has 5 nitrogen and oxygen atoms in total. The van der Waals surface area contributed by atoms with Crippen molar-refractivity contribution in [3.8, 4) is 5.75 Å². The number of hydrogen-bond donors (Lipinski definition) is 3. The smallest absolute Gasteiger partial charge is 0.387 e. The fourth-order valence-electron chi connectivity index (χ4n) is 1.88. The maximum atomic E-state index is 12.2. The summed E-state index contributed by atoms with van der Waals surface area (Å²) in [7, 11) is 0. The molecule has 0 spiro atoms. The maximum absolute atomic E-state index is 12.2. The molecule has 0 unspecified atom stereocenters. The molecule has 0 saturated carbocycles. The molecule has 1 amide bonds. The van der Waals surface area contributed by atoms with Crippen molar-refractivity contribution < 1.29 is 23.4 Å². The lowest BCUT2D eigenvalue weighted by molar-refractivity contribution is -0.0498. The van der Waals surface area contributed by atoms with Gasteiger partial charge in [-0.1, -0.05) is 0 Å². The van der Waals surface area contributed by atoms with Gasteiger partial charge < -0.3 is 20.5 Å². The number of carbonyl (C=O) groups is 1. The van der Waals surface area contributed by atoms with Crippen molar-refractivity contribution in [3.63, 3.8) is 0 Å². The summed E-state index contributed by atoms with van der Waals surface area (Å²) >= 11 is 1.08. The summed E-state index contributed by atoms with van der Waals surface area (Å²) in [4.78, 5) is 12.8. The van der Waals surface area contributed by atoms with E-state index in [-0.39, 0.29) is 10.6 Å². The van der Waals surface area contributed by atoms with E-state index in [1.54, 1.807) is 6.92 Å². The molecule has 106 valence electrons. The normalized spacial score (nSPS) is 22.8. The second kappa shape index (κ2) is 5.81. The molecule has 1 saturated heterocycles. The Morgan fingerprint density at radius 2 is 2.37 bits per heavy atom. The molecule has 1 fully saturated rings. The number of aliphatic hydroxyl groups is 1. The van der Waals surface area contributed by atoms with Crippen molar-refractivity contribution in [1.29, 1.82) is 0 Å². The van der Waals surface area contributed by atoms with E-state index < -0.39 is 24.7 Å². The van der Waals surface area contributed by atoms with Crippen LogP contribution in [0.15, 0.2) is 6.07 Å². The fraction of sp³-hybridized carbons (Fsp3) is 0.545. The lowest BCUT2D eigenvalue weighted by Gasteiger charge is -2.15. The van der Waals surface area contributed by atoms with Crippen LogP contribution >= 0.6 is 11.3 Å². The third-order valence-corrected chi connectivity index (χ3v) is 3.77. The molecule has 0 aromatic carbocycles. The molecule has 0 bridgehead atoms. The van der Waals surface area contributed by atoms with Crippen LogP contribution in [0.4, 0.5) is 8.78 Å². The van der Waals surface area contributed by atoms with Crippen LogP contribution in [0.1, 0.15) is 14.5 Å². The van der Waals surface area contributed by atoms with Gasteiger partial charge in [0.05, 0.1) is 12.1 Å². The van der Waals surface area contributed by atoms with Gasteiger partial charge in [-0.25, -0.2) is 0 Å². The predicted molar refractivity (Wildman–Crippen MR) is 65.8 cm³/mol. The molecule has 2 atom stereocenters. The van der Waals surface area contributed by atoms with Crippen LogP contribution in [0.3, 0.4) is 0 Å². The molecule has 2 heterocycles. The topological polar surface area (TPSA) is 70.6 Å². The van der Waals surface area contributed by atoms with Crippen molar-refractivity contribution in [2.75, 3.05) is 13.1 Å². The first-order valence-corrected chi connectivity index (χ1v) is 6.54. The van der Waals surface area contributed by atoms with Crippen molar-refractivity contribution in [1.82, 2.24) is 10.6 Å². The van der Waals surface area contributed by atoms with Gasteiger partial charge in [-0.2, -0.15) is 8.78 Å². The van der Waals surface area contributed by atoms with Crippen LogP contribution in [0.25, 0.3) is 0 Å². The van der Waals surface area contributed by atoms with Crippen molar-refractivity contribution in [3.05, 3.63) is 15.8 Å². The molecule has 19 heavy (non-hydrogen) atoms. The first-order valence-electron chi connectivity index (χ1n) is 5.72. The number of amides is 1. The zero-order chi connectivity index (χ0) is 14.0. The average molecular weight is 292 g/mol. The zero-order valence-corrected chi connectivity index (χ0v) is 11.0. The minimum atomic E-state index is -2.97. The van der Waals surface area contributed by atoms with E-state index in [2.05, 4.69) is 15.4 Å². The van der Waals surface area contributed by atoms with E-state index in [1.165, 1.54) is 6.07 Å². The number of β-amino-alcohol motifs (C(OH)–C–C–N with tert-alkyl or cyclic N) is 1. The molecule has 1 aliphatic heterocycles. The highest BCUT2D eigenvalue weighted by Crippen LogP contribution is 2.30. The monoisotopic (exact) mass is 292 g/mol. The van der Waals surface area contributed by atoms with Gasteiger partial charge in [-0.05, 0) is 13.0 Å². The van der Waals surface area contributed by atoms with E-state index in [4.69, 9.17) is 0 Å². The predicted octanol–water partition coefficient (Wildman–Crippen LogP) is 0.720. The molecule has 1 aliphatic rings. The molecule has 3 N–H and O–H groups in total. The minimum Gasteiger partial charge on any atom is -0.433 e. The van der Waals surface area contributed by atoms with Gasteiger partial charge >= 0.3 is 6.61 Å². The number of thiophene rings is 1. The number of halogens is 2. The van der Waals surface area contributed by atoms with Gasteiger partial charge in [0, 0.05) is 18.0 Å². The number of hydrogen-bond acceptors (Lipinski definition) is 5. The van der Waals surface area contributed by atoms with Gasteiger partial charge in [0.25, 0.3) is 5.91 Å². The number of alkyl halides is 2. The van der Waals surface area contributed by atoms with Crippen LogP contribution in [0.2, 0.25) is 0 Å². The third-order valence-electron chi connectivity index (χ3n) is 2.74. The largest absolute Gasteiger partial charge is 0.433 e. The molecule has 2 rings (SSSR count). The second-order valence-electron chi connectivity index (χ2n) is 4.23. The number of carbonyl (C=O) groups excluding carboxylic acids is 1. The number of aliphatic hydroxyl groups excluding tert-OH is 1. The lowest BCUT2D eigenvalue weighted by Crippen LogP contribution is -2.42. The van der Waals surface area contributed by atoms with Gasteiger partial charge in [-0.15, -0.1) is 11.3 Å². The average Bonchev–Trinajstić information content (AvgIpc) is 2.85. The summed E-state index contributed by atoms with van der Waals surface area (Å²) in [5.74, 6) is -0.642. The maximum Gasteiger partial charge on any atom is 0.387 e. The Bertz CT molecular complexity index is 467. The SMILES string of the molecule is Cc1cc(OC(F)F)c(C(=O)N[C@@H]2CNC[C@@H]2O)s1. The molecule has 0 aliphatic carbocycles. The summed E-state index contributed by atoms with van der Waals surface area (Å²) < 4.78 is 28.8. The Hall–Kier alpha value is -1.25. The van der Waals surface area contributed by atoms with Crippen LogP contribution in [-0.4, -0.2) is 42.9 Å². The second-order valence-corrected chi connectivity index (χ2v) is 5.49. The van der Waals surface area contributed by atoms with Crippen LogP contribution in [-0.2, 0) is 0 Å². The van der Waals surface area contributed by atoms with Gasteiger partial charge in [-0.3, -0.25) is 4.79 Å². The van der Waals surface area contributed by atoms with E-state index >= 15 is 0 Å². The number of nitrogens with one attached hydrogen (secondary N) is 2. The van der Waals surface area contributed by atoms with E-state index in [9.17, 15) is 18.7 Å². The van der Waals surface area contributed by atoms with E-state index in [1.807, 2.05) is 0 Å². The molecule has 0 radical (unpaired) electrons. The van der Waals surface area contributed by atoms with Gasteiger partial charge in [0.2, 0.25) is 0 Å². The number of ether oxygens (including phenoxy) is 1. The number of aryl methyl sites for hydroxylation is 1. The Morgan fingerprint density at radius 3 is 2.95 bits per heavy atom. The zero-order valence-electron chi connectivity index (χ0n) is 10.2. The first-order chi connectivity index (χ1) is 8.97. The van der Waals surface area contributed by atoms with Crippen molar-refractivity contribution in [2.24, 2.45) is 0 Å². The molecule has 1 aromatic rings. The van der Waals surface area contributed by atoms with Gasteiger partial charge in [0.15, 0.2) is 0 Å². The standard InChI is InChI=1S/C11H14F2N2O3S/c1-5-2-8(18-11(12)13)9(19-5)10(17)15-6-3-14-4-7(6)16/h2,6-7,11,14,16H,3-4H2,1H3,(H,15,17)/t6-,7+/m1/s1. The van der Waals surface area contributed by atoms with Crippen molar-refractivity contribution in [2.45, 2.75) is 25.7 Å². The Balaban J connectivity index is 2.09. The highest BCUT2D eigenvalue weighted by Gasteiger charge is 2.28. The Kier molecular flexibility index (Phi) is 4.33. The summed E-state index contributed by atoms with van der Waals surface area (Å²) in [5.41, 5.74) is 0. The molecular weight excluding hydrogens is 278 g/mol. The molecule has 8 heteroatoms. The van der Waals surface area contributed by atoms with E-state index in [0.717, 1.165) is 11.3 Å².